The molecule has 0 N–H and O–H groups in total. The fourth-order valence-electron chi connectivity index (χ4n) is 2.65. The maximum absolute atomic E-state index is 10.7. The maximum Gasteiger partial charge on any atom is 0.359 e. The summed E-state index contributed by atoms with van der Waals surface area (Å²) in [5.41, 5.74) is 0. The Bertz CT molecular complexity index is 1040. The van der Waals surface area contributed by atoms with E-state index in [1.54, 1.807) is 0 Å². The number of fused-ring (bicyclic) bond motifs is 2. The summed E-state index contributed by atoms with van der Waals surface area (Å²) in [4.78, 5) is 0. The van der Waals surface area contributed by atoms with E-state index in [2.05, 4.69) is 84.9 Å². The van der Waals surface area contributed by atoms with E-state index >= 15 is 0 Å². The molecule has 0 unspecified atom stereocenters. The molecule has 0 amide bonds. The van der Waals surface area contributed by atoms with Gasteiger partial charge in [0.15, 0.2) is 0 Å². The number of hydrogen-bond donors (Lipinski definition) is 0. The van der Waals surface area contributed by atoms with Crippen molar-refractivity contribution in [1.82, 2.24) is 0 Å². The number of rotatable bonds is 2. The first-order valence-corrected chi connectivity index (χ1v) is 12.2. The van der Waals surface area contributed by atoms with E-state index in [4.69, 9.17) is 0 Å². The Morgan fingerprint density at radius 2 is 0.786 bits per heavy atom. The molecule has 0 nitrogen and oxygen atoms in total. The Morgan fingerprint density at radius 3 is 1.18 bits per heavy atom. The Kier molecular flexibility index (Phi) is 5.13. The molecule has 4 aromatic rings. The molecule has 0 saturated heterocycles. The minimum atomic E-state index is -10.7. The second-order valence-electron chi connectivity index (χ2n) is 5.97. The molecular weight excluding hydrogens is 512 g/mol. The normalized spacial score (nSPS) is 14.1. The first-order chi connectivity index (χ1) is 12.9. The fraction of sp³-hybridized carbons (Fsp3) is 0. The van der Waals surface area contributed by atoms with Crippen LogP contribution in [0.1, 0.15) is 0 Å². The summed E-state index contributed by atoms with van der Waals surface area (Å²) in [6.45, 7) is 0. The summed E-state index contributed by atoms with van der Waals surface area (Å²) in [7, 11) is -10.7. The SMILES string of the molecule is F[P-](F)(F)(F)(F)F.c1ccc2c([I+]c3cccc4ccccc34)cccc2c1. The van der Waals surface area contributed by atoms with Crippen LogP contribution in [-0.2, 0) is 0 Å². The minimum Gasteiger partial charge on any atom is -0.0616 e. The predicted octanol–water partition coefficient (Wildman–Crippen LogP) is 5.50. The molecule has 8 heteroatoms. The van der Waals surface area contributed by atoms with E-state index in [1.165, 1.54) is 28.7 Å². The molecular formula is C20H14F6IP. The van der Waals surface area contributed by atoms with Gasteiger partial charge in [0.05, 0.1) is 0 Å². The third-order valence-corrected chi connectivity index (χ3v) is 6.72. The van der Waals surface area contributed by atoms with Crippen LogP contribution in [-0.4, -0.2) is 0 Å². The smallest absolute Gasteiger partial charge is 0.0616 e. The topological polar surface area (TPSA) is 0 Å². The largest absolute Gasteiger partial charge is 0.359 e. The van der Waals surface area contributed by atoms with Gasteiger partial charge in [-0.2, -0.15) is 0 Å². The van der Waals surface area contributed by atoms with Crippen molar-refractivity contribution < 1.29 is 46.4 Å². The van der Waals surface area contributed by atoms with Crippen molar-refractivity contribution >= 4 is 29.4 Å². The van der Waals surface area contributed by atoms with Crippen LogP contribution < -0.4 is 21.2 Å². The molecule has 0 saturated carbocycles. The quantitative estimate of drug-likeness (QED) is 0.184. The van der Waals surface area contributed by atoms with Gasteiger partial charge in [0.1, 0.15) is 0 Å². The van der Waals surface area contributed by atoms with Crippen LogP contribution in [0.4, 0.5) is 25.2 Å². The summed E-state index contributed by atoms with van der Waals surface area (Å²) in [5, 5.41) is 5.49. The van der Waals surface area contributed by atoms with Gasteiger partial charge in [-0.1, -0.05) is 60.7 Å². The summed E-state index contributed by atoms with van der Waals surface area (Å²) in [6.07, 6.45) is 0. The van der Waals surface area contributed by atoms with Crippen molar-refractivity contribution in [3.8, 4) is 0 Å². The van der Waals surface area contributed by atoms with Crippen LogP contribution in [0.3, 0.4) is 0 Å². The van der Waals surface area contributed by atoms with Crippen LogP contribution in [0.5, 0.6) is 0 Å². The van der Waals surface area contributed by atoms with Gasteiger partial charge in [-0.25, -0.2) is 0 Å². The van der Waals surface area contributed by atoms with E-state index in [0.29, 0.717) is 0 Å². The molecule has 0 atom stereocenters. The molecule has 0 bridgehead atoms. The van der Waals surface area contributed by atoms with Gasteiger partial charge in [0.25, 0.3) is 0 Å². The summed E-state index contributed by atoms with van der Waals surface area (Å²) >= 11 is -0.176. The van der Waals surface area contributed by atoms with Crippen molar-refractivity contribution in [2.45, 2.75) is 0 Å². The van der Waals surface area contributed by atoms with Crippen molar-refractivity contribution in [1.29, 1.82) is 0 Å². The third kappa shape index (κ3) is 6.63. The van der Waals surface area contributed by atoms with Crippen molar-refractivity contribution in [2.75, 3.05) is 0 Å². The zero-order chi connectivity index (χ0) is 20.5. The zero-order valence-electron chi connectivity index (χ0n) is 14.2. The number of halogens is 7. The van der Waals surface area contributed by atoms with E-state index in [0.717, 1.165) is 0 Å². The number of hydrogen-bond acceptors (Lipinski definition) is 0. The molecule has 0 radical (unpaired) electrons. The average Bonchev–Trinajstić information content (AvgIpc) is 2.60. The molecule has 148 valence electrons. The summed E-state index contributed by atoms with van der Waals surface area (Å²) in [5.74, 6) is 0. The van der Waals surface area contributed by atoms with E-state index in [-0.39, 0.29) is 21.2 Å². The Hall–Kier alpha value is -1.86. The first-order valence-electron chi connectivity index (χ1n) is 8.03. The molecule has 0 aromatic heterocycles. The molecule has 28 heavy (non-hydrogen) atoms. The molecule has 4 rings (SSSR count). The first kappa shape index (κ1) is 20.9. The molecule has 0 aliphatic rings. The van der Waals surface area contributed by atoms with Crippen LogP contribution >= 0.6 is 7.81 Å². The fourth-order valence-corrected chi connectivity index (χ4v) is 5.61. The number of benzene rings is 4. The van der Waals surface area contributed by atoms with Crippen molar-refractivity contribution in [3.05, 3.63) is 92.1 Å². The van der Waals surface area contributed by atoms with Crippen LogP contribution in [0.2, 0.25) is 0 Å². The van der Waals surface area contributed by atoms with Gasteiger partial charge in [-0.3, -0.25) is 0 Å². The Labute approximate surface area is 167 Å². The van der Waals surface area contributed by atoms with Gasteiger partial charge >= 0.3 is 54.2 Å². The van der Waals surface area contributed by atoms with E-state index in [1.807, 2.05) is 0 Å². The zero-order valence-corrected chi connectivity index (χ0v) is 17.2. The van der Waals surface area contributed by atoms with Crippen LogP contribution in [0.15, 0.2) is 84.9 Å². The predicted molar refractivity (Wildman–Crippen MR) is 98.9 cm³/mol. The second kappa shape index (κ2) is 6.88. The molecule has 0 aliphatic heterocycles. The Balaban J connectivity index is 0.000000279. The summed E-state index contributed by atoms with van der Waals surface area (Å²) in [6, 6.07) is 30.7. The molecule has 0 aliphatic carbocycles. The van der Waals surface area contributed by atoms with Crippen LogP contribution in [0, 0.1) is 7.14 Å². The van der Waals surface area contributed by atoms with Gasteiger partial charge in [0, 0.05) is 10.8 Å². The average molecular weight is 526 g/mol. The maximum atomic E-state index is 9.87. The second-order valence-corrected chi connectivity index (χ2v) is 10.8. The molecule has 0 spiro atoms. The van der Waals surface area contributed by atoms with Gasteiger partial charge < -0.3 is 0 Å². The third-order valence-electron chi connectivity index (χ3n) is 3.68. The van der Waals surface area contributed by atoms with E-state index in [9.17, 15) is 25.2 Å². The molecule has 0 heterocycles. The minimum absolute atomic E-state index is 0.176. The Morgan fingerprint density at radius 1 is 0.464 bits per heavy atom. The van der Waals surface area contributed by atoms with Gasteiger partial charge in [-0.15, -0.1) is 0 Å². The van der Waals surface area contributed by atoms with Gasteiger partial charge in [-0.05, 0) is 35.0 Å². The van der Waals surface area contributed by atoms with E-state index < -0.39 is 7.81 Å². The van der Waals surface area contributed by atoms with Crippen molar-refractivity contribution in [2.24, 2.45) is 0 Å². The monoisotopic (exact) mass is 526 g/mol. The molecule has 4 aromatic carbocycles. The van der Waals surface area contributed by atoms with Gasteiger partial charge in [0.2, 0.25) is 7.14 Å². The standard InChI is InChI=1S/C20H14I.F6P/c1-3-11-17-15(7-1)9-5-13-19(17)21-20-14-6-10-16-8-2-4-12-18(16)20;1-7(2,3,4,5)6/h1-14H;/q+1;-1. The van der Waals surface area contributed by atoms with Crippen molar-refractivity contribution in [3.63, 3.8) is 0 Å². The molecule has 0 fully saturated rings. The summed E-state index contributed by atoms with van der Waals surface area (Å²) < 4.78 is 62.2. The van der Waals surface area contributed by atoms with Crippen LogP contribution in [0.25, 0.3) is 21.5 Å².